The number of amides is 2. The van der Waals surface area contributed by atoms with Crippen molar-refractivity contribution in [3.05, 3.63) is 48.3 Å². The predicted molar refractivity (Wildman–Crippen MR) is 173 cm³/mol. The Morgan fingerprint density at radius 3 is 2.67 bits per heavy atom. The van der Waals surface area contributed by atoms with Gasteiger partial charge in [0.25, 0.3) is 0 Å². The number of aromatic nitrogens is 4. The molecule has 43 heavy (non-hydrogen) atoms. The summed E-state index contributed by atoms with van der Waals surface area (Å²) in [7, 11) is 5.49. The minimum absolute atomic E-state index is 0.193. The summed E-state index contributed by atoms with van der Waals surface area (Å²) in [6.07, 6.45) is 10.1. The molecule has 0 saturated heterocycles. The van der Waals surface area contributed by atoms with E-state index < -0.39 is 6.04 Å². The largest absolute Gasteiger partial charge is 0.369 e. The zero-order chi connectivity index (χ0) is 31.2. The van der Waals surface area contributed by atoms with Gasteiger partial charge in [-0.05, 0) is 58.5 Å². The molecule has 3 N–H and O–H groups in total. The molecular formula is C32H45N9O2. The van der Waals surface area contributed by atoms with E-state index in [4.69, 9.17) is 0 Å². The number of anilines is 3. The van der Waals surface area contributed by atoms with E-state index in [2.05, 4.69) is 62.8 Å². The number of carbonyl (C=O) groups is 2. The van der Waals surface area contributed by atoms with Crippen molar-refractivity contribution in [2.75, 3.05) is 51.4 Å². The Morgan fingerprint density at radius 2 is 1.93 bits per heavy atom. The van der Waals surface area contributed by atoms with Crippen molar-refractivity contribution < 1.29 is 9.59 Å². The summed E-state index contributed by atoms with van der Waals surface area (Å²) in [5, 5.41) is 15.1. The molecule has 2 aromatic heterocycles. The number of unbranched alkanes of at least 4 members (excludes halogenated alkanes) is 1. The fraction of sp³-hybridized carbons (Fsp3) is 0.469. The highest BCUT2D eigenvalue weighted by atomic mass is 16.2. The molecule has 0 aliphatic rings. The van der Waals surface area contributed by atoms with Gasteiger partial charge in [0, 0.05) is 56.8 Å². The van der Waals surface area contributed by atoms with Crippen molar-refractivity contribution in [1.82, 2.24) is 34.9 Å². The summed E-state index contributed by atoms with van der Waals surface area (Å²) in [6.45, 7) is 8.73. The number of likely N-dealkylation sites (N-methyl/N-ethyl adjacent to an activating group) is 2. The van der Waals surface area contributed by atoms with Gasteiger partial charge in [0.2, 0.25) is 17.8 Å². The Labute approximate surface area is 255 Å². The molecule has 0 bridgehead atoms. The third-order valence-corrected chi connectivity index (χ3v) is 6.70. The lowest BCUT2D eigenvalue weighted by atomic mass is 10.2. The van der Waals surface area contributed by atoms with Gasteiger partial charge in [-0.25, -0.2) is 4.98 Å². The number of aryl methyl sites for hydroxylation is 1. The van der Waals surface area contributed by atoms with E-state index in [0.717, 1.165) is 48.1 Å². The van der Waals surface area contributed by atoms with Crippen LogP contribution in [0.2, 0.25) is 0 Å². The van der Waals surface area contributed by atoms with Gasteiger partial charge in [0.15, 0.2) is 0 Å². The number of benzene rings is 1. The molecule has 11 heteroatoms. The predicted octanol–water partition coefficient (Wildman–Crippen LogP) is 4.01. The van der Waals surface area contributed by atoms with E-state index in [1.54, 1.807) is 26.2 Å². The lowest BCUT2D eigenvalue weighted by Gasteiger charge is -2.23. The van der Waals surface area contributed by atoms with Crippen molar-refractivity contribution in [3.63, 3.8) is 0 Å². The second kappa shape index (κ2) is 16.9. The van der Waals surface area contributed by atoms with Gasteiger partial charge in [-0.2, -0.15) is 10.1 Å². The van der Waals surface area contributed by atoms with Crippen LogP contribution in [0.4, 0.5) is 17.5 Å². The number of fused-ring (bicyclic) bond motifs is 1. The second-order valence-corrected chi connectivity index (χ2v) is 10.6. The topological polar surface area (TPSA) is 120 Å². The fourth-order valence-corrected chi connectivity index (χ4v) is 4.14. The molecule has 0 aliphatic heterocycles. The van der Waals surface area contributed by atoms with Crippen molar-refractivity contribution in [1.29, 1.82) is 0 Å². The second-order valence-electron chi connectivity index (χ2n) is 10.6. The van der Waals surface area contributed by atoms with Crippen molar-refractivity contribution >= 4 is 40.2 Å². The molecule has 0 unspecified atom stereocenters. The van der Waals surface area contributed by atoms with Crippen LogP contribution in [-0.4, -0.2) is 88.2 Å². The number of hydrogen-bond acceptors (Lipinski definition) is 8. The lowest BCUT2D eigenvalue weighted by Crippen LogP contribution is -2.45. The Bertz CT molecular complexity index is 1450. The van der Waals surface area contributed by atoms with Crippen LogP contribution in [0.1, 0.15) is 52.0 Å². The van der Waals surface area contributed by atoms with Gasteiger partial charge < -0.3 is 25.8 Å². The maximum Gasteiger partial charge on any atom is 0.246 e. The van der Waals surface area contributed by atoms with Gasteiger partial charge in [0.05, 0.1) is 23.5 Å². The molecule has 2 heterocycles. The van der Waals surface area contributed by atoms with Gasteiger partial charge in [0.1, 0.15) is 11.9 Å². The van der Waals surface area contributed by atoms with Crippen LogP contribution < -0.4 is 16.0 Å². The van der Waals surface area contributed by atoms with Crippen molar-refractivity contribution in [2.45, 2.75) is 59.0 Å². The van der Waals surface area contributed by atoms with Crippen LogP contribution in [0.5, 0.6) is 0 Å². The first-order valence-corrected chi connectivity index (χ1v) is 14.9. The summed E-state index contributed by atoms with van der Waals surface area (Å²) in [4.78, 5) is 37.4. The highest BCUT2D eigenvalue weighted by molar-refractivity contribution is 5.92. The first-order chi connectivity index (χ1) is 20.7. The van der Waals surface area contributed by atoms with Crippen LogP contribution in [-0.2, 0) is 16.1 Å². The highest BCUT2D eigenvalue weighted by Gasteiger charge is 2.20. The van der Waals surface area contributed by atoms with Gasteiger partial charge in [-0.1, -0.05) is 31.8 Å². The molecule has 3 rings (SSSR count). The minimum Gasteiger partial charge on any atom is -0.369 e. The zero-order valence-corrected chi connectivity index (χ0v) is 26.3. The molecule has 3 aromatic rings. The smallest absolute Gasteiger partial charge is 0.246 e. The monoisotopic (exact) mass is 587 g/mol. The van der Waals surface area contributed by atoms with Gasteiger partial charge >= 0.3 is 0 Å². The lowest BCUT2D eigenvalue weighted by molar-refractivity contribution is -0.135. The van der Waals surface area contributed by atoms with Crippen LogP contribution in [0.15, 0.2) is 42.7 Å². The maximum absolute atomic E-state index is 12.5. The molecule has 0 aliphatic carbocycles. The van der Waals surface area contributed by atoms with Crippen molar-refractivity contribution in [2.24, 2.45) is 0 Å². The number of rotatable bonds is 15. The van der Waals surface area contributed by atoms with E-state index in [0.29, 0.717) is 37.7 Å². The number of carbonyl (C=O) groups excluding carboxylic acids is 2. The Kier molecular flexibility index (Phi) is 13.0. The van der Waals surface area contributed by atoms with E-state index in [9.17, 15) is 9.59 Å². The molecule has 0 fully saturated rings. The number of nitrogens with one attached hydrogen (secondary N) is 3. The number of nitrogens with zero attached hydrogens (tertiary/aromatic N) is 6. The van der Waals surface area contributed by atoms with Crippen LogP contribution >= 0.6 is 0 Å². The third-order valence-electron chi connectivity index (χ3n) is 6.70. The summed E-state index contributed by atoms with van der Waals surface area (Å²) in [5.74, 6) is 7.11. The van der Waals surface area contributed by atoms with Crippen LogP contribution in [0.25, 0.3) is 10.9 Å². The normalized spacial score (nSPS) is 11.8. The Hall–Kier alpha value is -4.43. The fourth-order valence-electron chi connectivity index (χ4n) is 4.14. The van der Waals surface area contributed by atoms with Crippen molar-refractivity contribution in [3.8, 4) is 11.8 Å². The first kappa shape index (κ1) is 33.1. The molecule has 2 amide bonds. The molecule has 230 valence electrons. The molecule has 1 atom stereocenters. The third kappa shape index (κ3) is 10.1. The quantitative estimate of drug-likeness (QED) is 0.139. The van der Waals surface area contributed by atoms with Gasteiger partial charge in [-0.3, -0.25) is 14.3 Å². The molecular weight excluding hydrogens is 542 g/mol. The SMILES string of the molecule is CCCNc1nc(Nc2ccc3c(cnn3CCC)c2)ncc1C#CCCCNC(=O)[C@H](C)N(C)C(=O)/C=C/CN(C)C. The zero-order valence-electron chi connectivity index (χ0n) is 26.3. The average molecular weight is 588 g/mol. The molecule has 1 aromatic carbocycles. The van der Waals surface area contributed by atoms with E-state index in [1.165, 1.54) is 11.0 Å². The van der Waals surface area contributed by atoms with E-state index >= 15 is 0 Å². The summed E-state index contributed by atoms with van der Waals surface area (Å²) in [6, 6.07) is 5.54. The summed E-state index contributed by atoms with van der Waals surface area (Å²) in [5.41, 5.74) is 2.70. The summed E-state index contributed by atoms with van der Waals surface area (Å²) < 4.78 is 2.01. The molecule has 0 spiro atoms. The molecule has 11 nitrogen and oxygen atoms in total. The van der Waals surface area contributed by atoms with E-state index in [1.807, 2.05) is 42.0 Å². The standard InChI is InChI=1S/C32H45N9O2/c1-7-17-33-30-25(13-10-9-11-18-34-31(43)24(3)40(6)29(42)14-12-20-39(4)5)22-35-32(38-30)37-27-15-16-28-26(21-27)23-36-41(28)19-8-2/h12,14-16,21-24H,7-9,11,17-20H2,1-6H3,(H,34,43)(H2,33,35,37,38)/b14-12+/t24-/m0/s1. The van der Waals surface area contributed by atoms with Crippen LogP contribution in [0, 0.1) is 11.8 Å². The Balaban J connectivity index is 1.54. The molecule has 0 radical (unpaired) electrons. The average Bonchev–Trinajstić information content (AvgIpc) is 3.39. The number of hydrogen-bond donors (Lipinski definition) is 3. The van der Waals surface area contributed by atoms with Crippen LogP contribution in [0.3, 0.4) is 0 Å². The summed E-state index contributed by atoms with van der Waals surface area (Å²) >= 11 is 0. The maximum atomic E-state index is 12.5. The minimum atomic E-state index is -0.570. The molecule has 0 saturated carbocycles. The van der Waals surface area contributed by atoms with E-state index in [-0.39, 0.29) is 11.8 Å². The highest BCUT2D eigenvalue weighted by Crippen LogP contribution is 2.22. The first-order valence-electron chi connectivity index (χ1n) is 14.9. The van der Waals surface area contributed by atoms with Gasteiger partial charge in [-0.15, -0.1) is 0 Å². The Morgan fingerprint density at radius 1 is 1.12 bits per heavy atom.